The monoisotopic (exact) mass is 348 g/mol. The quantitative estimate of drug-likeness (QED) is 0.717. The minimum absolute atomic E-state index is 0.0986. The van der Waals surface area contributed by atoms with Crippen LogP contribution in [0.4, 0.5) is 0 Å². The summed E-state index contributed by atoms with van der Waals surface area (Å²) in [6.07, 6.45) is 0. The van der Waals surface area contributed by atoms with Crippen LogP contribution in [0.3, 0.4) is 0 Å². The van der Waals surface area contributed by atoms with Crippen LogP contribution in [-0.2, 0) is 26.2 Å². The number of rotatable bonds is 7. The third kappa shape index (κ3) is 4.41. The van der Waals surface area contributed by atoms with Crippen molar-refractivity contribution in [2.45, 2.75) is 11.4 Å². The average Bonchev–Trinajstić information content (AvgIpc) is 2.62. The number of amides is 1. The average molecular weight is 348 g/mol. The SMILES string of the molecule is CON(C)C(=O)CN(Cc1ccccc1)S(=O)(=O)c1ccccc1. The van der Waals surface area contributed by atoms with Gasteiger partial charge in [0.25, 0.3) is 5.91 Å². The summed E-state index contributed by atoms with van der Waals surface area (Å²) in [4.78, 5) is 17.1. The molecule has 0 saturated heterocycles. The molecular weight excluding hydrogens is 328 g/mol. The number of nitrogens with zero attached hydrogens (tertiary/aromatic N) is 2. The molecule has 0 aromatic heterocycles. The molecule has 0 aliphatic carbocycles. The highest BCUT2D eigenvalue weighted by atomic mass is 32.2. The van der Waals surface area contributed by atoms with E-state index in [1.165, 1.54) is 26.3 Å². The molecule has 128 valence electrons. The number of hydrogen-bond acceptors (Lipinski definition) is 4. The first-order valence-corrected chi connectivity index (χ1v) is 8.79. The Hall–Kier alpha value is -2.22. The van der Waals surface area contributed by atoms with E-state index in [2.05, 4.69) is 0 Å². The largest absolute Gasteiger partial charge is 0.275 e. The van der Waals surface area contributed by atoms with Gasteiger partial charge in [-0.2, -0.15) is 4.31 Å². The summed E-state index contributed by atoms with van der Waals surface area (Å²) >= 11 is 0. The van der Waals surface area contributed by atoms with Crippen LogP contribution in [0.15, 0.2) is 65.6 Å². The van der Waals surface area contributed by atoms with Crippen molar-refractivity contribution in [3.8, 4) is 0 Å². The Balaban J connectivity index is 2.33. The Morgan fingerprint density at radius 1 is 1.00 bits per heavy atom. The molecule has 0 saturated carbocycles. The molecule has 7 heteroatoms. The van der Waals surface area contributed by atoms with Gasteiger partial charge in [-0.25, -0.2) is 13.5 Å². The highest BCUT2D eigenvalue weighted by Gasteiger charge is 2.27. The third-order valence-corrected chi connectivity index (χ3v) is 5.33. The zero-order chi connectivity index (χ0) is 17.6. The van der Waals surface area contributed by atoms with E-state index in [4.69, 9.17) is 4.84 Å². The van der Waals surface area contributed by atoms with Crippen molar-refractivity contribution in [2.24, 2.45) is 0 Å². The van der Waals surface area contributed by atoms with Gasteiger partial charge in [-0.1, -0.05) is 48.5 Å². The van der Waals surface area contributed by atoms with Crippen LogP contribution in [0.5, 0.6) is 0 Å². The Morgan fingerprint density at radius 2 is 1.54 bits per heavy atom. The van der Waals surface area contributed by atoms with E-state index in [-0.39, 0.29) is 18.0 Å². The van der Waals surface area contributed by atoms with E-state index in [0.717, 1.165) is 14.9 Å². The van der Waals surface area contributed by atoms with Crippen molar-refractivity contribution in [2.75, 3.05) is 20.7 Å². The first-order chi connectivity index (χ1) is 11.4. The highest BCUT2D eigenvalue weighted by Crippen LogP contribution is 2.18. The number of hydroxylamine groups is 2. The second kappa shape index (κ2) is 8.05. The lowest BCUT2D eigenvalue weighted by molar-refractivity contribution is -0.168. The van der Waals surface area contributed by atoms with Gasteiger partial charge in [-0.05, 0) is 17.7 Å². The molecular formula is C17H20N2O4S. The van der Waals surface area contributed by atoms with E-state index in [1.54, 1.807) is 18.2 Å². The molecule has 2 aromatic carbocycles. The van der Waals surface area contributed by atoms with Gasteiger partial charge in [0.05, 0.1) is 18.6 Å². The smallest absolute Gasteiger partial charge is 0.261 e. The maximum atomic E-state index is 12.9. The number of carbonyl (C=O) groups is 1. The van der Waals surface area contributed by atoms with Crippen LogP contribution in [0.25, 0.3) is 0 Å². The first-order valence-electron chi connectivity index (χ1n) is 7.35. The highest BCUT2D eigenvalue weighted by molar-refractivity contribution is 7.89. The molecule has 6 nitrogen and oxygen atoms in total. The standard InChI is InChI=1S/C17H20N2O4S/c1-18(23-2)17(20)14-19(13-15-9-5-3-6-10-15)24(21,22)16-11-7-4-8-12-16/h3-12H,13-14H2,1-2H3. The van der Waals surface area contributed by atoms with Gasteiger partial charge < -0.3 is 0 Å². The van der Waals surface area contributed by atoms with E-state index < -0.39 is 15.9 Å². The number of benzene rings is 2. The molecule has 24 heavy (non-hydrogen) atoms. The molecule has 0 N–H and O–H groups in total. The van der Waals surface area contributed by atoms with Crippen molar-refractivity contribution in [1.29, 1.82) is 0 Å². The van der Waals surface area contributed by atoms with Crippen molar-refractivity contribution in [3.05, 3.63) is 66.2 Å². The molecule has 0 aliphatic rings. The Bertz CT molecular complexity index is 764. The molecule has 0 atom stereocenters. The van der Waals surface area contributed by atoms with Crippen LogP contribution in [0.2, 0.25) is 0 Å². The summed E-state index contributed by atoms with van der Waals surface area (Å²) in [5.41, 5.74) is 0.796. The summed E-state index contributed by atoms with van der Waals surface area (Å²) in [7, 11) is -1.01. The molecule has 2 aromatic rings. The molecule has 0 heterocycles. The van der Waals surface area contributed by atoms with Crippen molar-refractivity contribution in [1.82, 2.24) is 9.37 Å². The molecule has 1 amide bonds. The minimum Gasteiger partial charge on any atom is -0.275 e. The van der Waals surface area contributed by atoms with Crippen LogP contribution in [0.1, 0.15) is 5.56 Å². The van der Waals surface area contributed by atoms with Crippen molar-refractivity contribution >= 4 is 15.9 Å². The van der Waals surface area contributed by atoms with Crippen LogP contribution < -0.4 is 0 Å². The van der Waals surface area contributed by atoms with Gasteiger partial charge in [0, 0.05) is 13.6 Å². The fraction of sp³-hybridized carbons (Fsp3) is 0.235. The van der Waals surface area contributed by atoms with Crippen molar-refractivity contribution < 1.29 is 18.0 Å². The normalized spacial score (nSPS) is 11.5. The molecule has 0 aliphatic heterocycles. The van der Waals surface area contributed by atoms with Crippen molar-refractivity contribution in [3.63, 3.8) is 0 Å². The van der Waals surface area contributed by atoms with Crippen LogP contribution >= 0.6 is 0 Å². The summed E-state index contributed by atoms with van der Waals surface area (Å²) in [5, 5.41) is 1.01. The molecule has 0 fully saturated rings. The molecule has 2 rings (SSSR count). The van der Waals surface area contributed by atoms with Gasteiger partial charge in [-0.15, -0.1) is 0 Å². The predicted octanol–water partition coefficient (Wildman–Crippen LogP) is 1.90. The lowest BCUT2D eigenvalue weighted by Crippen LogP contribution is -2.40. The van der Waals surface area contributed by atoms with E-state index in [9.17, 15) is 13.2 Å². The van der Waals surface area contributed by atoms with E-state index in [1.807, 2.05) is 30.3 Å². The molecule has 0 radical (unpaired) electrons. The number of hydrogen-bond donors (Lipinski definition) is 0. The molecule has 0 bridgehead atoms. The first kappa shape index (κ1) is 18.1. The Labute approximate surface area is 142 Å². The number of likely N-dealkylation sites (N-methyl/N-ethyl adjacent to an activating group) is 1. The number of carbonyl (C=O) groups excluding carboxylic acids is 1. The number of sulfonamides is 1. The lowest BCUT2D eigenvalue weighted by atomic mass is 10.2. The Morgan fingerprint density at radius 3 is 2.08 bits per heavy atom. The fourth-order valence-electron chi connectivity index (χ4n) is 2.11. The van der Waals surface area contributed by atoms with Gasteiger partial charge in [0.2, 0.25) is 10.0 Å². The van der Waals surface area contributed by atoms with Gasteiger partial charge >= 0.3 is 0 Å². The Kier molecular flexibility index (Phi) is 6.08. The fourth-order valence-corrected chi connectivity index (χ4v) is 3.51. The third-order valence-electron chi connectivity index (χ3n) is 3.52. The van der Waals surface area contributed by atoms with Gasteiger partial charge in [0.1, 0.15) is 0 Å². The predicted molar refractivity (Wildman–Crippen MR) is 90.3 cm³/mol. The summed E-state index contributed by atoms with van der Waals surface area (Å²) in [5.74, 6) is -0.451. The minimum atomic E-state index is -3.81. The van der Waals surface area contributed by atoms with Gasteiger partial charge in [-0.3, -0.25) is 9.63 Å². The topological polar surface area (TPSA) is 66.9 Å². The van der Waals surface area contributed by atoms with Crippen LogP contribution in [0, 0.1) is 0 Å². The van der Waals surface area contributed by atoms with Crippen LogP contribution in [-0.4, -0.2) is 44.4 Å². The summed E-state index contributed by atoms with van der Waals surface area (Å²) in [6.45, 7) is -0.210. The molecule has 0 unspecified atom stereocenters. The summed E-state index contributed by atoms with van der Waals surface area (Å²) < 4.78 is 26.9. The zero-order valence-corrected chi connectivity index (χ0v) is 14.4. The van der Waals surface area contributed by atoms with E-state index in [0.29, 0.717) is 0 Å². The van der Waals surface area contributed by atoms with E-state index >= 15 is 0 Å². The summed E-state index contributed by atoms with van der Waals surface area (Å²) in [6, 6.07) is 17.2. The molecule has 0 spiro atoms. The van der Waals surface area contributed by atoms with Gasteiger partial charge in [0.15, 0.2) is 0 Å². The zero-order valence-electron chi connectivity index (χ0n) is 13.6. The second-order valence-corrected chi connectivity index (χ2v) is 7.08. The lowest BCUT2D eigenvalue weighted by Gasteiger charge is -2.24. The maximum Gasteiger partial charge on any atom is 0.261 e. The maximum absolute atomic E-state index is 12.9. The second-order valence-electron chi connectivity index (χ2n) is 5.15.